The number of pyridine rings is 1. The molecule has 2 heterocycles. The van der Waals surface area contributed by atoms with Gasteiger partial charge in [0.15, 0.2) is 0 Å². The molecule has 96 valence electrons. The summed E-state index contributed by atoms with van der Waals surface area (Å²) in [5.41, 5.74) is 9.99. The van der Waals surface area contributed by atoms with Crippen LogP contribution in [0.25, 0.3) is 22.2 Å². The van der Waals surface area contributed by atoms with Crippen LogP contribution in [0.15, 0.2) is 36.7 Å². The van der Waals surface area contributed by atoms with Crippen LogP contribution in [-0.2, 0) is 6.54 Å². The van der Waals surface area contributed by atoms with Crippen LogP contribution < -0.4 is 5.73 Å². The molecule has 0 saturated carbocycles. The first-order chi connectivity index (χ1) is 9.19. The third-order valence-corrected chi connectivity index (χ3v) is 3.32. The highest BCUT2D eigenvalue weighted by Gasteiger charge is 2.09. The normalized spacial score (nSPS) is 11.1. The molecule has 3 aromatic rings. The molecule has 2 aromatic heterocycles. The van der Waals surface area contributed by atoms with E-state index in [0.29, 0.717) is 5.82 Å². The number of aromatic nitrogens is 3. The molecule has 0 fully saturated rings. The second-order valence-electron chi connectivity index (χ2n) is 4.62. The number of hydrogen-bond donors (Lipinski definition) is 1. The summed E-state index contributed by atoms with van der Waals surface area (Å²) in [4.78, 5) is 8.90. The van der Waals surface area contributed by atoms with Crippen molar-refractivity contribution in [3.05, 3.63) is 42.4 Å². The van der Waals surface area contributed by atoms with Crippen LogP contribution >= 0.6 is 0 Å². The van der Waals surface area contributed by atoms with Gasteiger partial charge in [-0.3, -0.25) is 4.98 Å². The highest BCUT2D eigenvalue weighted by Crippen LogP contribution is 2.27. The molecule has 0 unspecified atom stereocenters. The van der Waals surface area contributed by atoms with E-state index in [0.717, 1.165) is 34.4 Å². The summed E-state index contributed by atoms with van der Waals surface area (Å²) in [6.07, 6.45) is 1.78. The fourth-order valence-corrected chi connectivity index (χ4v) is 2.24. The molecule has 1 aromatic carbocycles. The minimum Gasteiger partial charge on any atom is -0.383 e. The van der Waals surface area contributed by atoms with Gasteiger partial charge in [-0.05, 0) is 32.0 Å². The van der Waals surface area contributed by atoms with Crippen molar-refractivity contribution in [2.45, 2.75) is 20.4 Å². The molecule has 0 bridgehead atoms. The summed E-state index contributed by atoms with van der Waals surface area (Å²) in [7, 11) is 0. The first-order valence-corrected chi connectivity index (χ1v) is 6.37. The van der Waals surface area contributed by atoms with Gasteiger partial charge >= 0.3 is 0 Å². The average molecular weight is 252 g/mol. The van der Waals surface area contributed by atoms with Crippen molar-refractivity contribution in [3.8, 4) is 11.3 Å². The van der Waals surface area contributed by atoms with Crippen molar-refractivity contribution in [2.24, 2.45) is 0 Å². The number of imidazole rings is 1. The highest BCUT2D eigenvalue weighted by molar-refractivity contribution is 5.85. The van der Waals surface area contributed by atoms with Crippen molar-refractivity contribution < 1.29 is 0 Å². The zero-order valence-electron chi connectivity index (χ0n) is 11.1. The molecule has 0 aliphatic rings. The molecule has 4 heteroatoms. The Morgan fingerprint density at radius 2 is 2.05 bits per heavy atom. The lowest BCUT2D eigenvalue weighted by atomic mass is 10.1. The lowest BCUT2D eigenvalue weighted by molar-refractivity contribution is 0.771. The molecule has 0 aliphatic heterocycles. The lowest BCUT2D eigenvalue weighted by Gasteiger charge is -2.04. The third-order valence-electron chi connectivity index (χ3n) is 3.32. The maximum Gasteiger partial charge on any atom is 0.131 e. The fraction of sp³-hybridized carbons (Fsp3) is 0.200. The molecule has 0 aliphatic carbocycles. The van der Waals surface area contributed by atoms with Crippen LogP contribution in [0, 0.1) is 6.92 Å². The number of fused-ring (bicyclic) bond motifs is 1. The molecule has 2 N–H and O–H groups in total. The van der Waals surface area contributed by atoms with Crippen LogP contribution in [-0.4, -0.2) is 14.5 Å². The fourth-order valence-electron chi connectivity index (χ4n) is 2.24. The SMILES string of the molecule is CCn1cnc(-c2ccc3nc(C)ccc3c2)c1N. The Kier molecular flexibility index (Phi) is 2.71. The van der Waals surface area contributed by atoms with E-state index in [9.17, 15) is 0 Å². The predicted molar refractivity (Wildman–Crippen MR) is 77.8 cm³/mol. The number of aryl methyl sites for hydroxylation is 2. The smallest absolute Gasteiger partial charge is 0.131 e. The molecule has 4 nitrogen and oxygen atoms in total. The van der Waals surface area contributed by atoms with Gasteiger partial charge in [-0.1, -0.05) is 12.1 Å². The van der Waals surface area contributed by atoms with E-state index in [4.69, 9.17) is 5.73 Å². The Hall–Kier alpha value is -2.36. The Labute approximate surface area is 111 Å². The minimum atomic E-state index is 0.710. The summed E-state index contributed by atoms with van der Waals surface area (Å²) in [5.74, 6) is 0.710. The van der Waals surface area contributed by atoms with E-state index >= 15 is 0 Å². The molecule has 0 amide bonds. The predicted octanol–water partition coefficient (Wildman–Crippen LogP) is 3.01. The molecule has 0 radical (unpaired) electrons. The first-order valence-electron chi connectivity index (χ1n) is 6.37. The number of nitrogens with two attached hydrogens (primary N) is 1. The minimum absolute atomic E-state index is 0.710. The zero-order valence-corrected chi connectivity index (χ0v) is 11.1. The second-order valence-corrected chi connectivity index (χ2v) is 4.62. The van der Waals surface area contributed by atoms with E-state index in [-0.39, 0.29) is 0 Å². The summed E-state index contributed by atoms with van der Waals surface area (Å²) in [6.45, 7) is 4.87. The van der Waals surface area contributed by atoms with Crippen molar-refractivity contribution >= 4 is 16.7 Å². The van der Waals surface area contributed by atoms with E-state index < -0.39 is 0 Å². The number of hydrogen-bond acceptors (Lipinski definition) is 3. The molecule has 0 atom stereocenters. The van der Waals surface area contributed by atoms with Crippen LogP contribution in [0.4, 0.5) is 5.82 Å². The molecular formula is C15H16N4. The van der Waals surface area contributed by atoms with Gasteiger partial charge < -0.3 is 10.3 Å². The zero-order chi connectivity index (χ0) is 13.4. The number of nitrogens with zero attached hydrogens (tertiary/aromatic N) is 3. The Morgan fingerprint density at radius 1 is 1.21 bits per heavy atom. The molecule has 0 saturated heterocycles. The topological polar surface area (TPSA) is 56.7 Å². The number of benzene rings is 1. The second kappa shape index (κ2) is 4.39. The Bertz CT molecular complexity index is 743. The third kappa shape index (κ3) is 1.95. The monoisotopic (exact) mass is 252 g/mol. The van der Waals surface area contributed by atoms with Crippen LogP contribution in [0.1, 0.15) is 12.6 Å². The molecular weight excluding hydrogens is 236 g/mol. The van der Waals surface area contributed by atoms with Gasteiger partial charge in [0.1, 0.15) is 11.5 Å². The molecule has 0 spiro atoms. The van der Waals surface area contributed by atoms with E-state index in [1.165, 1.54) is 0 Å². The van der Waals surface area contributed by atoms with Crippen molar-refractivity contribution in [3.63, 3.8) is 0 Å². The van der Waals surface area contributed by atoms with Crippen molar-refractivity contribution in [2.75, 3.05) is 5.73 Å². The Morgan fingerprint density at radius 3 is 2.79 bits per heavy atom. The maximum atomic E-state index is 6.10. The quantitative estimate of drug-likeness (QED) is 0.762. The Balaban J connectivity index is 2.15. The molecule has 19 heavy (non-hydrogen) atoms. The summed E-state index contributed by atoms with van der Waals surface area (Å²) in [6, 6.07) is 10.2. The van der Waals surface area contributed by atoms with Crippen LogP contribution in [0.5, 0.6) is 0 Å². The number of anilines is 1. The summed E-state index contributed by atoms with van der Waals surface area (Å²) < 4.78 is 1.94. The van der Waals surface area contributed by atoms with Gasteiger partial charge in [-0.15, -0.1) is 0 Å². The maximum absolute atomic E-state index is 6.10. The number of nitrogen functional groups attached to an aromatic ring is 1. The van der Waals surface area contributed by atoms with Gasteiger partial charge in [0.25, 0.3) is 0 Å². The van der Waals surface area contributed by atoms with Gasteiger partial charge in [0.2, 0.25) is 0 Å². The van der Waals surface area contributed by atoms with E-state index in [1.54, 1.807) is 6.33 Å². The van der Waals surface area contributed by atoms with Gasteiger partial charge in [-0.25, -0.2) is 4.98 Å². The number of rotatable bonds is 2. The standard InChI is InChI=1S/C15H16N4/c1-3-19-9-17-14(15(19)16)12-6-7-13-11(8-12)5-4-10(2)18-13/h4-9H,3,16H2,1-2H3. The highest BCUT2D eigenvalue weighted by atomic mass is 15.1. The summed E-state index contributed by atoms with van der Waals surface area (Å²) in [5, 5.41) is 1.11. The van der Waals surface area contributed by atoms with Crippen molar-refractivity contribution in [1.29, 1.82) is 0 Å². The average Bonchev–Trinajstić information content (AvgIpc) is 2.79. The van der Waals surface area contributed by atoms with Gasteiger partial charge in [-0.2, -0.15) is 0 Å². The summed E-state index contributed by atoms with van der Waals surface area (Å²) >= 11 is 0. The van der Waals surface area contributed by atoms with Crippen molar-refractivity contribution in [1.82, 2.24) is 14.5 Å². The van der Waals surface area contributed by atoms with Gasteiger partial charge in [0, 0.05) is 23.2 Å². The largest absolute Gasteiger partial charge is 0.383 e. The molecule has 3 rings (SSSR count). The lowest BCUT2D eigenvalue weighted by Crippen LogP contribution is -1.99. The van der Waals surface area contributed by atoms with Crippen LogP contribution in [0.2, 0.25) is 0 Å². The van der Waals surface area contributed by atoms with E-state index in [1.807, 2.05) is 29.7 Å². The van der Waals surface area contributed by atoms with Gasteiger partial charge in [0.05, 0.1) is 11.8 Å². The van der Waals surface area contributed by atoms with E-state index in [2.05, 4.69) is 29.0 Å². The first kappa shape index (κ1) is 11.7. The van der Waals surface area contributed by atoms with Crippen LogP contribution in [0.3, 0.4) is 0 Å².